The first-order valence-electron chi connectivity index (χ1n) is 12.9. The van der Waals surface area contributed by atoms with Gasteiger partial charge in [0.25, 0.3) is 0 Å². The number of nitrogens with one attached hydrogen (secondary N) is 1. The number of alkyl carbamates (subject to hydrolysis) is 1. The third-order valence-electron chi connectivity index (χ3n) is 7.98. The van der Waals surface area contributed by atoms with E-state index in [9.17, 15) is 19.8 Å². The summed E-state index contributed by atoms with van der Waals surface area (Å²) < 4.78 is 22.4. The molecular weight excluding hydrogens is 528 g/mol. The fourth-order valence-electron chi connectivity index (χ4n) is 5.46. The topological polar surface area (TPSA) is 130 Å². The molecule has 7 atom stereocenters. The van der Waals surface area contributed by atoms with Gasteiger partial charge >= 0.3 is 6.09 Å². The largest absolute Gasteiger partial charge is 0.495 e. The Kier molecular flexibility index (Phi) is 8.35. The number of anilines is 1. The number of nitrogens with zero attached hydrogens (tertiary/aromatic N) is 1. The molecule has 2 saturated heterocycles. The standard InChI is InChI=1S/C28H37ClN2O8/c1-15-8-7-9-22(37-6)28(35)14-20(38-26(34)30-28)16(2)25-27(3,39-25)21(32)13-23(33)31(4)18-11-17(10-15)12-19(36-5)24(18)29/h7-9,11-12,16,20-22,25,32,35H,10,13-14H2,1-6H3,(H,30,34)/b9-7+,15-8+/t16-,20?,21?,22-,25+,27+,28+/m1/s1. The lowest BCUT2D eigenvalue weighted by molar-refractivity contribution is -0.142. The van der Waals surface area contributed by atoms with Gasteiger partial charge < -0.3 is 34.1 Å². The molecule has 214 valence electrons. The zero-order chi connectivity index (χ0) is 28.7. The maximum absolute atomic E-state index is 13.3. The Morgan fingerprint density at radius 3 is 2.64 bits per heavy atom. The molecule has 10 nitrogen and oxygen atoms in total. The molecule has 4 rings (SSSR count). The number of carbonyl (C=O) groups excluding carboxylic acids is 2. The average molecular weight is 565 g/mol. The molecule has 3 aliphatic heterocycles. The quantitative estimate of drug-likeness (QED) is 0.467. The second-order valence-corrected chi connectivity index (χ2v) is 11.2. The minimum atomic E-state index is -1.73. The van der Waals surface area contributed by atoms with Crippen molar-refractivity contribution in [2.24, 2.45) is 5.92 Å². The molecule has 0 aromatic heterocycles. The molecule has 3 aliphatic rings. The molecule has 11 heteroatoms. The lowest BCUT2D eigenvalue weighted by Gasteiger charge is -2.42. The molecule has 39 heavy (non-hydrogen) atoms. The Hall–Kier alpha value is -2.63. The highest BCUT2D eigenvalue weighted by molar-refractivity contribution is 6.35. The van der Waals surface area contributed by atoms with E-state index in [1.54, 1.807) is 26.1 Å². The van der Waals surface area contributed by atoms with Crippen LogP contribution in [-0.2, 0) is 25.4 Å². The minimum Gasteiger partial charge on any atom is -0.495 e. The summed E-state index contributed by atoms with van der Waals surface area (Å²) in [6, 6.07) is 3.63. The van der Waals surface area contributed by atoms with E-state index in [-0.39, 0.29) is 23.8 Å². The third-order valence-corrected chi connectivity index (χ3v) is 8.36. The first-order chi connectivity index (χ1) is 18.3. The molecule has 3 N–H and O–H groups in total. The molecule has 1 aromatic rings. The number of ether oxygens (including phenoxy) is 4. The van der Waals surface area contributed by atoms with Crippen LogP contribution in [0.2, 0.25) is 5.02 Å². The highest BCUT2D eigenvalue weighted by atomic mass is 35.5. The van der Waals surface area contributed by atoms with Crippen molar-refractivity contribution in [1.82, 2.24) is 5.32 Å². The number of aliphatic hydroxyl groups is 2. The van der Waals surface area contributed by atoms with Crippen LogP contribution < -0.4 is 15.0 Å². The molecule has 0 radical (unpaired) electrons. The fraction of sp³-hybridized carbons (Fsp3) is 0.571. The van der Waals surface area contributed by atoms with E-state index in [1.165, 1.54) is 19.1 Å². The van der Waals surface area contributed by atoms with Gasteiger partial charge in [0.2, 0.25) is 5.91 Å². The van der Waals surface area contributed by atoms with Crippen molar-refractivity contribution in [3.8, 4) is 5.75 Å². The van der Waals surface area contributed by atoms with Gasteiger partial charge in [-0.25, -0.2) is 4.79 Å². The van der Waals surface area contributed by atoms with Crippen LogP contribution in [0.15, 0.2) is 35.9 Å². The van der Waals surface area contributed by atoms with Crippen LogP contribution in [0.5, 0.6) is 5.75 Å². The summed E-state index contributed by atoms with van der Waals surface area (Å²) in [4.78, 5) is 27.1. The van der Waals surface area contributed by atoms with E-state index in [0.717, 1.165) is 11.1 Å². The Morgan fingerprint density at radius 1 is 1.26 bits per heavy atom. The Bertz CT molecular complexity index is 1190. The monoisotopic (exact) mass is 564 g/mol. The van der Waals surface area contributed by atoms with Crippen molar-refractivity contribution in [2.75, 3.05) is 26.2 Å². The molecule has 0 saturated carbocycles. The number of amides is 2. The lowest BCUT2D eigenvalue weighted by atomic mass is 9.84. The number of epoxide rings is 1. The van der Waals surface area contributed by atoms with Crippen molar-refractivity contribution in [1.29, 1.82) is 0 Å². The SMILES string of the molecule is COc1cc2cc(c1Cl)N(C)C(=O)CC(O)[C@]1(C)O[C@H]1[C@H](C)C1C[C@@](O)(NC(=O)O1)[C@H](OC)/C=C/C=C(\C)C2. The predicted octanol–water partition coefficient (Wildman–Crippen LogP) is 3.12. The van der Waals surface area contributed by atoms with Crippen molar-refractivity contribution in [3.05, 3.63) is 46.5 Å². The Balaban J connectivity index is 1.74. The zero-order valence-electron chi connectivity index (χ0n) is 23.1. The summed E-state index contributed by atoms with van der Waals surface area (Å²) in [7, 11) is 4.56. The summed E-state index contributed by atoms with van der Waals surface area (Å²) in [5.41, 5.74) is -0.479. The van der Waals surface area contributed by atoms with Gasteiger partial charge in [0.05, 0.1) is 31.4 Å². The van der Waals surface area contributed by atoms with Crippen LogP contribution in [0.1, 0.15) is 39.2 Å². The summed E-state index contributed by atoms with van der Waals surface area (Å²) in [5, 5.41) is 25.3. The number of hydrogen-bond acceptors (Lipinski definition) is 8. The number of carbonyl (C=O) groups is 2. The lowest BCUT2D eigenvalue weighted by Crippen LogP contribution is -2.63. The smallest absolute Gasteiger partial charge is 0.409 e. The minimum absolute atomic E-state index is 0.0310. The van der Waals surface area contributed by atoms with Gasteiger partial charge in [-0.3, -0.25) is 10.1 Å². The van der Waals surface area contributed by atoms with Crippen LogP contribution in [0.4, 0.5) is 10.5 Å². The molecule has 2 amide bonds. The van der Waals surface area contributed by atoms with Crippen LogP contribution >= 0.6 is 11.6 Å². The van der Waals surface area contributed by atoms with E-state index >= 15 is 0 Å². The summed E-state index contributed by atoms with van der Waals surface area (Å²) in [6.45, 7) is 5.48. The molecule has 2 fully saturated rings. The van der Waals surface area contributed by atoms with Gasteiger partial charge in [0.1, 0.15) is 28.6 Å². The first-order valence-corrected chi connectivity index (χ1v) is 13.3. The van der Waals surface area contributed by atoms with Crippen LogP contribution in [0.3, 0.4) is 0 Å². The number of methoxy groups -OCH3 is 2. The van der Waals surface area contributed by atoms with Crippen molar-refractivity contribution >= 4 is 29.3 Å². The first kappa shape index (κ1) is 29.4. The second kappa shape index (κ2) is 11.1. The number of benzene rings is 1. The van der Waals surface area contributed by atoms with Crippen LogP contribution in [0.25, 0.3) is 0 Å². The number of allylic oxidation sites excluding steroid dienone is 3. The van der Waals surface area contributed by atoms with Crippen molar-refractivity contribution in [2.45, 2.75) is 75.8 Å². The number of aliphatic hydroxyl groups excluding tert-OH is 1. The highest BCUT2D eigenvalue weighted by Crippen LogP contribution is 2.48. The molecule has 2 unspecified atom stereocenters. The number of rotatable bonds is 2. The van der Waals surface area contributed by atoms with E-state index in [4.69, 9.17) is 30.5 Å². The van der Waals surface area contributed by atoms with E-state index in [0.29, 0.717) is 17.9 Å². The van der Waals surface area contributed by atoms with Gasteiger partial charge in [-0.1, -0.05) is 42.3 Å². The molecular formula is C28H37ClN2O8. The highest BCUT2D eigenvalue weighted by Gasteiger charge is 2.62. The second-order valence-electron chi connectivity index (χ2n) is 10.8. The maximum Gasteiger partial charge on any atom is 0.409 e. The molecule has 1 aromatic carbocycles. The van der Waals surface area contributed by atoms with Crippen molar-refractivity contribution in [3.63, 3.8) is 0 Å². The average Bonchev–Trinajstić information content (AvgIpc) is 3.58. The number of hydrogen-bond donors (Lipinski definition) is 3. The van der Waals surface area contributed by atoms with E-state index in [1.807, 2.05) is 32.1 Å². The van der Waals surface area contributed by atoms with Gasteiger partial charge in [0.15, 0.2) is 5.72 Å². The van der Waals surface area contributed by atoms with Crippen LogP contribution in [0, 0.1) is 5.92 Å². The van der Waals surface area contributed by atoms with Gasteiger partial charge in [0, 0.05) is 26.5 Å². The van der Waals surface area contributed by atoms with Gasteiger partial charge in [-0.05, 0) is 38.0 Å². The third kappa shape index (κ3) is 5.81. The van der Waals surface area contributed by atoms with Crippen molar-refractivity contribution < 1.29 is 38.7 Å². The summed E-state index contributed by atoms with van der Waals surface area (Å²) in [6.07, 6.45) is 1.63. The number of halogens is 1. The van der Waals surface area contributed by atoms with Crippen LogP contribution in [-0.4, -0.2) is 79.2 Å². The number of fused-ring (bicyclic) bond motifs is 5. The fourth-order valence-corrected chi connectivity index (χ4v) is 5.78. The predicted molar refractivity (Wildman–Crippen MR) is 145 cm³/mol. The summed E-state index contributed by atoms with van der Waals surface area (Å²) in [5.74, 6) is -0.323. The molecule has 3 heterocycles. The Labute approximate surface area is 233 Å². The molecule has 0 spiro atoms. The molecule has 4 bridgehead atoms. The Morgan fingerprint density at radius 2 is 1.97 bits per heavy atom. The normalized spacial score (nSPS) is 37.6. The van der Waals surface area contributed by atoms with E-state index in [2.05, 4.69) is 5.32 Å². The zero-order valence-corrected chi connectivity index (χ0v) is 23.8. The summed E-state index contributed by atoms with van der Waals surface area (Å²) >= 11 is 6.58. The molecule has 0 aliphatic carbocycles. The van der Waals surface area contributed by atoms with Gasteiger partial charge in [-0.2, -0.15) is 0 Å². The van der Waals surface area contributed by atoms with Gasteiger partial charge in [-0.15, -0.1) is 0 Å². The maximum atomic E-state index is 13.3. The van der Waals surface area contributed by atoms with E-state index < -0.39 is 47.8 Å².